The summed E-state index contributed by atoms with van der Waals surface area (Å²) in [6.07, 6.45) is 0. The molecule has 2 aromatic rings. The molecule has 0 fully saturated rings. The van der Waals surface area contributed by atoms with E-state index in [4.69, 9.17) is 12.2 Å². The summed E-state index contributed by atoms with van der Waals surface area (Å²) in [6, 6.07) is 7.70. The number of halogens is 1. The van der Waals surface area contributed by atoms with E-state index < -0.39 is 0 Å². The Hall–Kier alpha value is -1.01. The van der Waals surface area contributed by atoms with Crippen LogP contribution in [0.1, 0.15) is 0 Å². The van der Waals surface area contributed by atoms with Crippen molar-refractivity contribution in [2.45, 2.75) is 0 Å². The van der Waals surface area contributed by atoms with Crippen LogP contribution >= 0.6 is 28.1 Å². The number of rotatable bonds is 1. The van der Waals surface area contributed by atoms with Crippen molar-refractivity contribution in [2.24, 2.45) is 0 Å². The van der Waals surface area contributed by atoms with Crippen molar-refractivity contribution in [3.05, 3.63) is 33.5 Å². The Morgan fingerprint density at radius 1 is 1.46 bits per heavy atom. The summed E-state index contributed by atoms with van der Waals surface area (Å²) in [5.74, 6) is 0. The highest BCUT2D eigenvalue weighted by atomic mass is 79.9. The third-order valence-corrected chi connectivity index (χ3v) is 2.30. The number of benzene rings is 1. The predicted molar refractivity (Wildman–Crippen MR) is 54.2 cm³/mol. The molecule has 0 aliphatic rings. The van der Waals surface area contributed by atoms with Crippen molar-refractivity contribution < 1.29 is 0 Å². The minimum Gasteiger partial charge on any atom is -0.210 e. The molecule has 4 nitrogen and oxygen atoms in total. The van der Waals surface area contributed by atoms with Crippen molar-refractivity contribution in [3.8, 4) is 5.69 Å². The van der Waals surface area contributed by atoms with E-state index in [1.54, 1.807) is 4.68 Å². The van der Waals surface area contributed by atoms with Gasteiger partial charge in [0.1, 0.15) is 0 Å². The van der Waals surface area contributed by atoms with Gasteiger partial charge in [0, 0.05) is 4.47 Å². The number of aromatic nitrogens is 4. The summed E-state index contributed by atoms with van der Waals surface area (Å²) in [4.78, 5) is 0. The average Bonchev–Trinajstić information content (AvgIpc) is 2.51. The predicted octanol–water partition coefficient (Wildman–Crippen LogP) is 2.09. The summed E-state index contributed by atoms with van der Waals surface area (Å²) in [5.41, 5.74) is 0.907. The molecule has 0 atom stereocenters. The van der Waals surface area contributed by atoms with Crippen LogP contribution in [0.5, 0.6) is 0 Å². The van der Waals surface area contributed by atoms with Crippen LogP contribution in [0.25, 0.3) is 5.69 Å². The molecule has 0 aliphatic heterocycles. The van der Waals surface area contributed by atoms with E-state index in [-0.39, 0.29) is 0 Å². The van der Waals surface area contributed by atoms with Crippen LogP contribution < -0.4 is 0 Å². The Kier molecular flexibility index (Phi) is 2.24. The molecule has 2 rings (SSSR count). The number of tetrazole rings is 1. The normalized spacial score (nSPS) is 10.2. The van der Waals surface area contributed by atoms with Crippen LogP contribution in [0.3, 0.4) is 0 Å². The molecule has 0 saturated carbocycles. The highest BCUT2D eigenvalue weighted by Crippen LogP contribution is 2.13. The summed E-state index contributed by atoms with van der Waals surface area (Å²) in [7, 11) is 0. The smallest absolute Gasteiger partial charge is 0.210 e. The zero-order chi connectivity index (χ0) is 9.26. The molecular formula is C7H5BrN4S. The monoisotopic (exact) mass is 256 g/mol. The van der Waals surface area contributed by atoms with Gasteiger partial charge in [0.15, 0.2) is 0 Å². The van der Waals surface area contributed by atoms with Gasteiger partial charge in [-0.05, 0) is 30.4 Å². The topological polar surface area (TPSA) is 46.5 Å². The Morgan fingerprint density at radius 3 is 2.92 bits per heavy atom. The van der Waals surface area contributed by atoms with Gasteiger partial charge in [0.2, 0.25) is 4.77 Å². The Labute approximate surface area is 87.7 Å². The third-order valence-electron chi connectivity index (χ3n) is 1.54. The van der Waals surface area contributed by atoms with E-state index >= 15 is 0 Å². The van der Waals surface area contributed by atoms with Gasteiger partial charge >= 0.3 is 0 Å². The highest BCUT2D eigenvalue weighted by Gasteiger charge is 1.98. The molecule has 1 N–H and O–H groups in total. The molecule has 6 heteroatoms. The van der Waals surface area contributed by atoms with Gasteiger partial charge in [0.05, 0.1) is 5.69 Å². The first-order valence-electron chi connectivity index (χ1n) is 3.53. The molecule has 0 amide bonds. The van der Waals surface area contributed by atoms with Gasteiger partial charge in [-0.3, -0.25) is 0 Å². The Morgan fingerprint density at radius 2 is 2.31 bits per heavy atom. The van der Waals surface area contributed by atoms with E-state index in [0.29, 0.717) is 4.77 Å². The van der Waals surface area contributed by atoms with Crippen LogP contribution in [0.2, 0.25) is 0 Å². The van der Waals surface area contributed by atoms with Crippen molar-refractivity contribution in [1.82, 2.24) is 20.2 Å². The quantitative estimate of drug-likeness (QED) is 0.795. The van der Waals surface area contributed by atoms with Crippen molar-refractivity contribution in [3.63, 3.8) is 0 Å². The minimum absolute atomic E-state index is 0.415. The van der Waals surface area contributed by atoms with E-state index in [0.717, 1.165) is 10.2 Å². The van der Waals surface area contributed by atoms with Crippen LogP contribution in [-0.2, 0) is 0 Å². The molecule has 1 aromatic carbocycles. The lowest BCUT2D eigenvalue weighted by Gasteiger charge is -1.99. The fourth-order valence-electron chi connectivity index (χ4n) is 0.981. The maximum atomic E-state index is 4.95. The molecular weight excluding hydrogens is 252 g/mol. The number of hydrogen-bond acceptors (Lipinski definition) is 3. The van der Waals surface area contributed by atoms with Gasteiger partial charge in [0.25, 0.3) is 0 Å². The van der Waals surface area contributed by atoms with Crippen molar-refractivity contribution >= 4 is 28.1 Å². The molecule has 0 bridgehead atoms. The molecule has 0 spiro atoms. The fraction of sp³-hybridized carbons (Fsp3) is 0. The van der Waals surface area contributed by atoms with Gasteiger partial charge in [-0.15, -0.1) is 0 Å². The molecule has 1 heterocycles. The number of nitrogens with zero attached hydrogens (tertiary/aromatic N) is 3. The van der Waals surface area contributed by atoms with Crippen molar-refractivity contribution in [1.29, 1.82) is 0 Å². The van der Waals surface area contributed by atoms with Crippen LogP contribution in [0, 0.1) is 4.77 Å². The summed E-state index contributed by atoms with van der Waals surface area (Å²) in [5, 5.41) is 9.96. The van der Waals surface area contributed by atoms with Gasteiger partial charge in [-0.2, -0.15) is 5.21 Å². The van der Waals surface area contributed by atoms with Crippen LogP contribution in [-0.4, -0.2) is 20.2 Å². The second kappa shape index (κ2) is 3.39. The van der Waals surface area contributed by atoms with E-state index in [1.807, 2.05) is 24.3 Å². The van der Waals surface area contributed by atoms with E-state index in [1.165, 1.54) is 0 Å². The van der Waals surface area contributed by atoms with E-state index in [9.17, 15) is 0 Å². The van der Waals surface area contributed by atoms with Gasteiger partial charge in [-0.25, -0.2) is 4.68 Å². The highest BCUT2D eigenvalue weighted by molar-refractivity contribution is 9.10. The van der Waals surface area contributed by atoms with Gasteiger partial charge in [-0.1, -0.05) is 32.3 Å². The molecule has 0 unspecified atom stereocenters. The second-order valence-corrected chi connectivity index (χ2v) is 3.68. The maximum Gasteiger partial charge on any atom is 0.242 e. The Balaban J connectivity index is 2.59. The molecule has 0 aliphatic carbocycles. The standard InChI is InChI=1S/C7H5BrN4S/c8-5-2-1-3-6(4-5)12-7(13)9-10-11-12/h1-4H,(H,9,11,13). The molecule has 13 heavy (non-hydrogen) atoms. The SMILES string of the molecule is S=c1nn[nH]n1-c1cccc(Br)c1. The lowest BCUT2D eigenvalue weighted by Crippen LogP contribution is -1.96. The molecule has 66 valence electrons. The summed E-state index contributed by atoms with van der Waals surface area (Å²) >= 11 is 8.32. The zero-order valence-electron chi connectivity index (χ0n) is 6.44. The largest absolute Gasteiger partial charge is 0.242 e. The fourth-order valence-corrected chi connectivity index (χ4v) is 1.55. The average molecular weight is 257 g/mol. The second-order valence-electron chi connectivity index (χ2n) is 2.40. The van der Waals surface area contributed by atoms with Crippen LogP contribution in [0.15, 0.2) is 28.7 Å². The first-order valence-corrected chi connectivity index (χ1v) is 4.73. The Bertz CT molecular complexity index is 475. The third kappa shape index (κ3) is 1.68. The van der Waals surface area contributed by atoms with Gasteiger partial charge < -0.3 is 0 Å². The first kappa shape index (κ1) is 8.58. The lowest BCUT2D eigenvalue weighted by atomic mass is 10.3. The van der Waals surface area contributed by atoms with Crippen molar-refractivity contribution in [2.75, 3.05) is 0 Å². The van der Waals surface area contributed by atoms with Crippen LogP contribution in [0.4, 0.5) is 0 Å². The first-order chi connectivity index (χ1) is 6.27. The molecule has 0 saturated heterocycles. The number of nitrogens with one attached hydrogen (secondary N) is 1. The number of H-pyrrole nitrogens is 1. The minimum atomic E-state index is 0.415. The molecule has 1 aromatic heterocycles. The lowest BCUT2D eigenvalue weighted by molar-refractivity contribution is 0.785. The number of aromatic amines is 1. The summed E-state index contributed by atoms with van der Waals surface area (Å²) < 4.78 is 3.03. The number of hydrogen-bond donors (Lipinski definition) is 1. The zero-order valence-corrected chi connectivity index (χ0v) is 8.84. The maximum absolute atomic E-state index is 4.95. The molecule has 0 radical (unpaired) electrons. The van der Waals surface area contributed by atoms with E-state index in [2.05, 4.69) is 31.5 Å². The summed E-state index contributed by atoms with van der Waals surface area (Å²) in [6.45, 7) is 0.